The first-order chi connectivity index (χ1) is 19.1. The molecule has 3 aliphatic rings. The van der Waals surface area contributed by atoms with E-state index in [2.05, 4.69) is 64.9 Å². The van der Waals surface area contributed by atoms with Gasteiger partial charge in [0.25, 0.3) is 5.91 Å². The highest BCUT2D eigenvalue weighted by atomic mass is 35.5. The Kier molecular flexibility index (Phi) is 8.11. The highest BCUT2D eigenvalue weighted by Gasteiger charge is 2.64. The van der Waals surface area contributed by atoms with Gasteiger partial charge in [0.2, 0.25) is 5.69 Å². The predicted molar refractivity (Wildman–Crippen MR) is 158 cm³/mol. The first-order valence-corrected chi connectivity index (χ1v) is 14.5. The number of pyridine rings is 1. The summed E-state index contributed by atoms with van der Waals surface area (Å²) in [5.74, 6) is 8.31. The first kappa shape index (κ1) is 28.4. The van der Waals surface area contributed by atoms with Crippen LogP contribution in [0.3, 0.4) is 0 Å². The van der Waals surface area contributed by atoms with Crippen molar-refractivity contribution in [1.82, 2.24) is 20.5 Å². The Morgan fingerprint density at radius 1 is 1.20 bits per heavy atom. The minimum atomic E-state index is -0.326. The van der Waals surface area contributed by atoms with Crippen LogP contribution in [0.2, 0.25) is 5.02 Å². The van der Waals surface area contributed by atoms with E-state index in [9.17, 15) is 4.79 Å². The number of rotatable bonds is 6. The Morgan fingerprint density at radius 2 is 1.93 bits per heavy atom. The van der Waals surface area contributed by atoms with Crippen molar-refractivity contribution < 1.29 is 9.53 Å². The summed E-state index contributed by atoms with van der Waals surface area (Å²) in [6.07, 6.45) is 3.66. The number of piperidine rings is 1. The molecule has 210 valence electrons. The number of nitrogens with zero attached hydrogens (tertiary/aromatic N) is 3. The average Bonchev–Trinajstić information content (AvgIpc) is 2.92. The second-order valence-electron chi connectivity index (χ2n) is 12.6. The van der Waals surface area contributed by atoms with Crippen LogP contribution in [-0.2, 0) is 0 Å². The maximum atomic E-state index is 13.2. The van der Waals surface area contributed by atoms with E-state index < -0.39 is 0 Å². The van der Waals surface area contributed by atoms with Crippen LogP contribution < -0.4 is 15.4 Å². The lowest BCUT2D eigenvalue weighted by atomic mass is 9.49. The van der Waals surface area contributed by atoms with Crippen LogP contribution in [0.25, 0.3) is 4.85 Å². The van der Waals surface area contributed by atoms with Gasteiger partial charge in [-0.1, -0.05) is 51.3 Å². The fraction of sp³-hybridized carbons (Fsp3) is 0.531. The molecule has 0 radical (unpaired) electrons. The van der Waals surface area contributed by atoms with Gasteiger partial charge >= 0.3 is 0 Å². The molecule has 2 aliphatic heterocycles. The molecule has 2 aromatic rings. The Balaban J connectivity index is 1.15. The second-order valence-corrected chi connectivity index (χ2v) is 13.0. The van der Waals surface area contributed by atoms with Crippen LogP contribution in [0.15, 0.2) is 36.5 Å². The van der Waals surface area contributed by atoms with Crippen LogP contribution >= 0.6 is 11.6 Å². The third-order valence-corrected chi connectivity index (χ3v) is 9.11. The lowest BCUT2D eigenvalue weighted by Gasteiger charge is -2.63. The number of carbonyl (C=O) groups is 1. The normalized spacial score (nSPS) is 24.0. The van der Waals surface area contributed by atoms with Crippen LogP contribution in [0.4, 0.5) is 5.69 Å². The molecule has 0 atom stereocenters. The minimum absolute atomic E-state index is 0.110. The number of halogens is 1. The van der Waals surface area contributed by atoms with Gasteiger partial charge in [-0.25, -0.2) is 9.83 Å². The van der Waals surface area contributed by atoms with Gasteiger partial charge < -0.3 is 20.3 Å². The zero-order valence-corrected chi connectivity index (χ0v) is 24.5. The number of ether oxygens (including phenoxy) is 1. The lowest BCUT2D eigenvalue weighted by Crippen LogP contribution is -2.74. The van der Waals surface area contributed by atoms with Crippen molar-refractivity contribution in [3.63, 3.8) is 0 Å². The summed E-state index contributed by atoms with van der Waals surface area (Å²) in [5, 5.41) is 6.94. The molecule has 1 saturated carbocycles. The number of benzene rings is 1. The highest BCUT2D eigenvalue weighted by Crippen LogP contribution is 2.55. The van der Waals surface area contributed by atoms with Crippen molar-refractivity contribution in [2.24, 2.45) is 22.7 Å². The summed E-state index contributed by atoms with van der Waals surface area (Å²) >= 11 is 6.21. The quantitative estimate of drug-likeness (QED) is 0.377. The molecular formula is C32H38ClN5O2. The van der Waals surface area contributed by atoms with E-state index in [-0.39, 0.29) is 28.9 Å². The smallest absolute Gasteiger partial charge is 0.253 e. The summed E-state index contributed by atoms with van der Waals surface area (Å²) in [6, 6.07) is 8.64. The fourth-order valence-electron chi connectivity index (χ4n) is 6.68. The molecule has 0 spiro atoms. The van der Waals surface area contributed by atoms with E-state index in [4.69, 9.17) is 22.9 Å². The average molecular weight is 560 g/mol. The molecule has 40 heavy (non-hydrogen) atoms. The number of carbonyl (C=O) groups excluding carboxylic acids is 1. The molecule has 0 bridgehead atoms. The van der Waals surface area contributed by atoms with Gasteiger partial charge in [-0.15, -0.1) is 0 Å². The van der Waals surface area contributed by atoms with Crippen LogP contribution in [0.5, 0.6) is 5.75 Å². The molecule has 8 heteroatoms. The Hall–Kier alpha value is -3.10. The summed E-state index contributed by atoms with van der Waals surface area (Å²) in [4.78, 5) is 23.6. The van der Waals surface area contributed by atoms with E-state index in [1.54, 1.807) is 30.5 Å². The van der Waals surface area contributed by atoms with E-state index in [0.29, 0.717) is 33.6 Å². The molecule has 3 heterocycles. The highest BCUT2D eigenvalue weighted by molar-refractivity contribution is 6.33. The fourth-order valence-corrected chi connectivity index (χ4v) is 6.90. The molecule has 1 aliphatic carbocycles. The topological polar surface area (TPSA) is 70.8 Å². The van der Waals surface area contributed by atoms with Gasteiger partial charge in [-0.3, -0.25) is 4.79 Å². The van der Waals surface area contributed by atoms with Gasteiger partial charge in [0.15, 0.2) is 0 Å². The van der Waals surface area contributed by atoms with Crippen molar-refractivity contribution in [3.05, 3.63) is 64.2 Å². The molecule has 0 unspecified atom stereocenters. The summed E-state index contributed by atoms with van der Waals surface area (Å²) in [5.41, 5.74) is 0.956. The molecule has 1 amide bonds. The van der Waals surface area contributed by atoms with Gasteiger partial charge in [-0.2, -0.15) is 0 Å². The van der Waals surface area contributed by atoms with Crippen LogP contribution in [0.1, 0.15) is 56.6 Å². The summed E-state index contributed by atoms with van der Waals surface area (Å²) < 4.78 is 6.33. The standard InChI is InChI=1S/C32H38ClN5O2/c1-31(2)29(32(3,4)30(31)40-25-10-11-27(34-5)26(33)16-25)37-28(39)23-7-9-24(36-19-23)8-6-21-12-14-38(15-13-21)20-22-17-35-18-22/h7,9-11,16,19,21-22,29-30,35H,12-15,17-18,20H2,1-4H3,(H,37,39). The van der Waals surface area contributed by atoms with E-state index in [0.717, 1.165) is 44.9 Å². The molecule has 5 rings (SSSR count). The number of likely N-dealkylation sites (tertiary alicyclic amines) is 1. The van der Waals surface area contributed by atoms with E-state index in [1.165, 1.54) is 6.54 Å². The summed E-state index contributed by atoms with van der Waals surface area (Å²) in [7, 11) is 0. The van der Waals surface area contributed by atoms with Crippen molar-refractivity contribution in [3.8, 4) is 17.6 Å². The summed E-state index contributed by atoms with van der Waals surface area (Å²) in [6.45, 7) is 21.3. The molecular weight excluding hydrogens is 522 g/mol. The SMILES string of the molecule is [C-]#[N+]c1ccc(OC2C(C)(C)C(NC(=O)c3ccc(C#CC4CCN(CC5CNC5)CC4)nc3)C2(C)C)cc1Cl. The zero-order valence-electron chi connectivity index (χ0n) is 23.8. The molecule has 1 aromatic carbocycles. The zero-order chi connectivity index (χ0) is 28.5. The van der Waals surface area contributed by atoms with Crippen molar-refractivity contribution in [2.75, 3.05) is 32.7 Å². The Labute approximate surface area is 242 Å². The second kappa shape index (κ2) is 11.4. The number of amides is 1. The lowest BCUT2D eigenvalue weighted by molar-refractivity contribution is -0.164. The number of hydrogen-bond acceptors (Lipinski definition) is 5. The van der Waals surface area contributed by atoms with Gasteiger partial charge in [0.05, 0.1) is 17.2 Å². The van der Waals surface area contributed by atoms with Crippen LogP contribution in [-0.4, -0.2) is 60.7 Å². The monoisotopic (exact) mass is 559 g/mol. The third kappa shape index (κ3) is 5.84. The van der Waals surface area contributed by atoms with Gasteiger partial charge in [-0.05, 0) is 62.0 Å². The number of hydrogen-bond donors (Lipinski definition) is 2. The third-order valence-electron chi connectivity index (χ3n) is 8.81. The van der Waals surface area contributed by atoms with Crippen molar-refractivity contribution in [2.45, 2.75) is 52.7 Å². The first-order valence-electron chi connectivity index (χ1n) is 14.1. The number of nitrogens with one attached hydrogen (secondary N) is 2. The van der Waals surface area contributed by atoms with Crippen molar-refractivity contribution >= 4 is 23.2 Å². The van der Waals surface area contributed by atoms with Gasteiger partial charge in [0, 0.05) is 48.6 Å². The number of aromatic nitrogens is 1. The van der Waals surface area contributed by atoms with Crippen molar-refractivity contribution in [1.29, 1.82) is 0 Å². The molecule has 7 nitrogen and oxygen atoms in total. The molecule has 2 N–H and O–H groups in total. The van der Waals surface area contributed by atoms with Crippen LogP contribution in [0, 0.1) is 41.1 Å². The Bertz CT molecular complexity index is 1330. The maximum absolute atomic E-state index is 13.2. The maximum Gasteiger partial charge on any atom is 0.253 e. The molecule has 2 saturated heterocycles. The molecule has 1 aromatic heterocycles. The minimum Gasteiger partial charge on any atom is -0.489 e. The molecule has 3 fully saturated rings. The Morgan fingerprint density at radius 3 is 2.50 bits per heavy atom. The van der Waals surface area contributed by atoms with Gasteiger partial charge in [0.1, 0.15) is 17.5 Å². The largest absolute Gasteiger partial charge is 0.489 e. The predicted octanol–water partition coefficient (Wildman–Crippen LogP) is 5.18. The van der Waals surface area contributed by atoms with E-state index in [1.807, 2.05) is 6.07 Å². The van der Waals surface area contributed by atoms with E-state index >= 15 is 0 Å².